The molecule has 0 amide bonds. The van der Waals surface area contributed by atoms with Gasteiger partial charge >= 0.3 is 6.97 Å². The number of allylic oxidation sites excluding steroid dienone is 1. The zero-order chi connectivity index (χ0) is 36.4. The molecule has 0 radical (unpaired) electrons. The molecule has 0 bridgehead atoms. The summed E-state index contributed by atoms with van der Waals surface area (Å²) in [4.78, 5) is 4.41. The number of para-hydroxylation sites is 4. The first-order valence-corrected chi connectivity index (χ1v) is 18.1. The Morgan fingerprint density at radius 1 is 0.642 bits per heavy atom. The van der Waals surface area contributed by atoms with E-state index in [0.717, 1.165) is 38.9 Å². The lowest BCUT2D eigenvalue weighted by Gasteiger charge is -2.32. The summed E-state index contributed by atoms with van der Waals surface area (Å²) >= 11 is 0. The number of rotatable bonds is 5. The lowest BCUT2D eigenvalue weighted by Crippen LogP contribution is -2.56. The van der Waals surface area contributed by atoms with Gasteiger partial charge in [0.1, 0.15) is 11.5 Å². The Labute approximate surface area is 307 Å². The fourth-order valence-corrected chi connectivity index (χ4v) is 7.76. The third-order valence-corrected chi connectivity index (χ3v) is 10.3. The standard InChI is InChI=1S/C41H43BF2N4O5/c1-49-39-14-8-7-13-35(39)45-17-21-51-22-18-46(20-24-53-26-25-52-23-19-45)36-16-15-32(29-40(36)50-2)41-37-27-30-9-3-5-11-33(30)47(37)42(43,44)48-34-12-6-4-10-31(34)28-38(41)48/h3-16,27-29H,17-26H2,1-2H3. The third kappa shape index (κ3) is 6.56. The summed E-state index contributed by atoms with van der Waals surface area (Å²) in [5, 5.41) is 2.02. The van der Waals surface area contributed by atoms with Gasteiger partial charge in [0.25, 0.3) is 0 Å². The van der Waals surface area contributed by atoms with Crippen molar-refractivity contribution < 1.29 is 32.3 Å². The van der Waals surface area contributed by atoms with Crippen molar-refractivity contribution in [3.05, 3.63) is 125 Å². The van der Waals surface area contributed by atoms with Crippen molar-refractivity contribution in [1.82, 2.24) is 8.96 Å². The summed E-state index contributed by atoms with van der Waals surface area (Å²) in [6.07, 6.45) is 1.87. The van der Waals surface area contributed by atoms with Gasteiger partial charge in [0.05, 0.1) is 70.8 Å². The lowest BCUT2D eigenvalue weighted by atomic mass is 9.86. The molecule has 4 heterocycles. The Morgan fingerprint density at radius 3 is 1.96 bits per heavy atom. The van der Waals surface area contributed by atoms with Crippen molar-refractivity contribution in [3.8, 4) is 11.5 Å². The van der Waals surface area contributed by atoms with Crippen molar-refractivity contribution in [3.63, 3.8) is 0 Å². The van der Waals surface area contributed by atoms with Crippen molar-refractivity contribution in [2.24, 2.45) is 0 Å². The molecule has 0 atom stereocenters. The van der Waals surface area contributed by atoms with Crippen LogP contribution in [-0.2, 0) is 14.2 Å². The van der Waals surface area contributed by atoms with Gasteiger partial charge in [0.2, 0.25) is 0 Å². The Morgan fingerprint density at radius 2 is 1.25 bits per heavy atom. The minimum Gasteiger partial charge on any atom is -0.495 e. The Bertz CT molecular complexity index is 2290. The number of hydrogen-bond donors (Lipinski definition) is 0. The second kappa shape index (κ2) is 15.1. The lowest BCUT2D eigenvalue weighted by molar-refractivity contribution is 0.0530. The molecule has 0 unspecified atom stereocenters. The smallest absolute Gasteiger partial charge is 0.495 e. The number of methoxy groups -OCH3 is 2. The molecular formula is C41H43BF2N4O5. The van der Waals surface area contributed by atoms with Gasteiger partial charge in [0.15, 0.2) is 11.1 Å². The first-order chi connectivity index (χ1) is 26.0. The van der Waals surface area contributed by atoms with Crippen LogP contribution in [0.4, 0.5) is 20.0 Å². The summed E-state index contributed by atoms with van der Waals surface area (Å²) in [6, 6.07) is 30.5. The van der Waals surface area contributed by atoms with E-state index in [1.165, 1.54) is 8.96 Å². The molecule has 4 aromatic carbocycles. The molecular weight excluding hydrogens is 677 g/mol. The van der Waals surface area contributed by atoms with Crippen LogP contribution in [-0.4, -0.2) is 91.5 Å². The highest BCUT2D eigenvalue weighted by molar-refractivity contribution is 6.65. The van der Waals surface area contributed by atoms with Crippen LogP contribution in [0, 0.1) is 0 Å². The molecule has 1 saturated heterocycles. The molecule has 1 fully saturated rings. The zero-order valence-corrected chi connectivity index (χ0v) is 30.0. The fraction of sp³-hybridized carbons (Fsp3) is 0.293. The minimum atomic E-state index is -4.19. The first kappa shape index (κ1) is 34.9. The van der Waals surface area contributed by atoms with E-state index in [1.54, 1.807) is 26.4 Å². The Balaban J connectivity index is 1.12. The van der Waals surface area contributed by atoms with E-state index in [9.17, 15) is 0 Å². The molecule has 9 nitrogen and oxygen atoms in total. The van der Waals surface area contributed by atoms with Gasteiger partial charge in [-0.3, -0.25) is 0 Å². The molecule has 3 aliphatic heterocycles. The highest BCUT2D eigenvalue weighted by atomic mass is 19.2. The molecule has 0 aliphatic carbocycles. The largest absolute Gasteiger partial charge is 0.737 e. The van der Waals surface area contributed by atoms with E-state index in [4.69, 9.17) is 23.7 Å². The van der Waals surface area contributed by atoms with E-state index in [-0.39, 0.29) is 0 Å². The second-order valence-electron chi connectivity index (χ2n) is 13.2. The zero-order valence-electron chi connectivity index (χ0n) is 30.0. The quantitative estimate of drug-likeness (QED) is 0.237. The molecule has 12 heteroatoms. The number of anilines is 2. The van der Waals surface area contributed by atoms with Crippen LogP contribution in [0.1, 0.15) is 11.3 Å². The summed E-state index contributed by atoms with van der Waals surface area (Å²) in [7, 11) is 3.32. The van der Waals surface area contributed by atoms with Gasteiger partial charge in [-0.1, -0.05) is 48.5 Å². The average Bonchev–Trinajstić information content (AvgIpc) is 3.77. The van der Waals surface area contributed by atoms with Gasteiger partial charge in [-0.25, -0.2) is 0 Å². The van der Waals surface area contributed by atoms with Gasteiger partial charge in [-0.05, 0) is 53.4 Å². The van der Waals surface area contributed by atoms with E-state index < -0.39 is 6.97 Å². The number of halogens is 2. The molecule has 5 aromatic rings. The predicted molar refractivity (Wildman–Crippen MR) is 206 cm³/mol. The van der Waals surface area contributed by atoms with Crippen LogP contribution in [0.25, 0.3) is 22.6 Å². The molecule has 0 saturated carbocycles. The normalized spacial score (nSPS) is 18.1. The molecule has 3 aliphatic rings. The van der Waals surface area contributed by atoms with E-state index >= 15 is 8.63 Å². The molecule has 1 aromatic heterocycles. The minimum absolute atomic E-state index is 0.474. The van der Waals surface area contributed by atoms with Gasteiger partial charge < -0.3 is 51.1 Å². The van der Waals surface area contributed by atoms with Gasteiger partial charge in [-0.15, -0.1) is 0 Å². The van der Waals surface area contributed by atoms with E-state index in [1.807, 2.05) is 91.0 Å². The third-order valence-electron chi connectivity index (χ3n) is 10.3. The Hall–Kier alpha value is -5.17. The second-order valence-corrected chi connectivity index (χ2v) is 13.2. The number of nitrogens with zero attached hydrogens (tertiary/aromatic N) is 4. The summed E-state index contributed by atoms with van der Waals surface area (Å²) < 4.78 is 65.8. The first-order valence-electron chi connectivity index (χ1n) is 18.1. The number of ether oxygens (including phenoxy) is 5. The SMILES string of the molecule is COc1ccccc1N1CCOCCOCCN(c2ccc(C3=C4C=c5ccccc5=[N+]4[B-](F)(F)n4c3cc3ccccc34)cc2OC)CCOCC1. The maximum absolute atomic E-state index is 16.8. The van der Waals surface area contributed by atoms with Gasteiger partial charge in [-0.2, -0.15) is 0 Å². The van der Waals surface area contributed by atoms with E-state index in [0.29, 0.717) is 93.8 Å². The highest BCUT2D eigenvalue weighted by Gasteiger charge is 2.53. The maximum atomic E-state index is 16.8. The molecule has 0 N–H and O–H groups in total. The molecule has 53 heavy (non-hydrogen) atoms. The van der Waals surface area contributed by atoms with Crippen LogP contribution in [0.2, 0.25) is 0 Å². The number of benzene rings is 4. The molecule has 0 spiro atoms. The predicted octanol–water partition coefficient (Wildman–Crippen LogP) is 5.02. The average molecular weight is 721 g/mol. The molecule has 8 rings (SSSR count). The van der Waals surface area contributed by atoms with Crippen LogP contribution in [0.5, 0.6) is 11.5 Å². The fourth-order valence-electron chi connectivity index (χ4n) is 7.76. The maximum Gasteiger partial charge on any atom is 0.737 e. The van der Waals surface area contributed by atoms with Crippen LogP contribution in [0.3, 0.4) is 0 Å². The summed E-state index contributed by atoms with van der Waals surface area (Å²) in [5.41, 5.74) is 4.81. The van der Waals surface area contributed by atoms with Crippen molar-refractivity contribution in [2.45, 2.75) is 0 Å². The van der Waals surface area contributed by atoms with Crippen LogP contribution in [0.15, 0.2) is 103 Å². The summed E-state index contributed by atoms with van der Waals surface area (Å²) in [5.74, 6) is 1.44. The highest BCUT2D eigenvalue weighted by Crippen LogP contribution is 2.42. The van der Waals surface area contributed by atoms with Gasteiger partial charge in [0, 0.05) is 54.8 Å². The molecule has 274 valence electrons. The van der Waals surface area contributed by atoms with E-state index in [2.05, 4.69) is 9.80 Å². The number of fused-ring (bicyclic) bond motifs is 5. The van der Waals surface area contributed by atoms with Crippen molar-refractivity contribution >= 4 is 40.9 Å². The number of hydrogen-bond acceptors (Lipinski definition) is 7. The monoisotopic (exact) mass is 720 g/mol. The van der Waals surface area contributed by atoms with Crippen LogP contribution < -0.4 is 34.3 Å². The Kier molecular flexibility index (Phi) is 9.91. The van der Waals surface area contributed by atoms with Crippen LogP contribution >= 0.6 is 0 Å². The van der Waals surface area contributed by atoms with Crippen molar-refractivity contribution in [1.29, 1.82) is 0 Å². The topological polar surface area (TPSA) is 60.6 Å². The number of aromatic nitrogens is 1. The summed E-state index contributed by atoms with van der Waals surface area (Å²) in [6.45, 7) is 1.36. The van der Waals surface area contributed by atoms with Crippen molar-refractivity contribution in [2.75, 3.05) is 89.8 Å².